The number of hydrogen-bond acceptors (Lipinski definition) is 4. The van der Waals surface area contributed by atoms with Crippen LogP contribution in [0, 0.1) is 6.92 Å². The van der Waals surface area contributed by atoms with E-state index in [9.17, 15) is 9.59 Å². The number of amides is 1. The number of aryl methyl sites for hydroxylation is 1. The Morgan fingerprint density at radius 2 is 2.24 bits per heavy atom. The van der Waals surface area contributed by atoms with E-state index in [2.05, 4.69) is 5.32 Å². The van der Waals surface area contributed by atoms with Crippen LogP contribution in [0.15, 0.2) is 18.2 Å². The molecule has 0 aromatic heterocycles. The molecule has 1 unspecified atom stereocenters. The van der Waals surface area contributed by atoms with Crippen LogP contribution in [0.4, 0.5) is 5.69 Å². The van der Waals surface area contributed by atoms with Gasteiger partial charge in [0.05, 0.1) is 18.8 Å². The molecular formula is C15H20N2O4. The molecule has 6 heteroatoms. The third kappa shape index (κ3) is 3.33. The summed E-state index contributed by atoms with van der Waals surface area (Å²) in [4.78, 5) is 25.1. The summed E-state index contributed by atoms with van der Waals surface area (Å²) in [5.41, 5.74) is 1.81. The molecule has 1 atom stereocenters. The molecule has 2 rings (SSSR count). The molecule has 1 aromatic rings. The Balaban J connectivity index is 2.27. The number of carboxylic acids is 1. The molecule has 1 amide bonds. The number of benzene rings is 1. The highest BCUT2D eigenvalue weighted by molar-refractivity contribution is 5.90. The fourth-order valence-electron chi connectivity index (χ4n) is 2.49. The van der Waals surface area contributed by atoms with Gasteiger partial charge in [0, 0.05) is 18.8 Å². The Morgan fingerprint density at radius 3 is 2.86 bits per heavy atom. The zero-order valence-corrected chi connectivity index (χ0v) is 12.3. The average molecular weight is 292 g/mol. The smallest absolute Gasteiger partial charge is 0.335 e. The molecule has 1 fully saturated rings. The second-order valence-electron chi connectivity index (χ2n) is 4.98. The van der Waals surface area contributed by atoms with Crippen molar-refractivity contribution in [3.63, 3.8) is 0 Å². The van der Waals surface area contributed by atoms with E-state index in [1.807, 2.05) is 11.8 Å². The number of anilines is 1. The number of carboxylic acid groups (broad SMARTS) is 1. The first-order chi connectivity index (χ1) is 10.0. The lowest BCUT2D eigenvalue weighted by atomic mass is 10.1. The maximum absolute atomic E-state index is 12.1. The van der Waals surface area contributed by atoms with E-state index in [1.165, 1.54) is 0 Å². The lowest BCUT2D eigenvalue weighted by Gasteiger charge is -2.36. The number of nitrogens with zero attached hydrogens (tertiary/aromatic N) is 1. The third-order valence-electron chi connectivity index (χ3n) is 3.55. The fourth-order valence-corrected chi connectivity index (χ4v) is 2.49. The number of rotatable bonds is 4. The van der Waals surface area contributed by atoms with Crippen molar-refractivity contribution < 1.29 is 19.4 Å². The Hall–Kier alpha value is -2.08. The second kappa shape index (κ2) is 6.58. The molecule has 0 saturated carbocycles. The Labute approximate surface area is 123 Å². The van der Waals surface area contributed by atoms with Crippen molar-refractivity contribution in [2.45, 2.75) is 19.9 Å². The van der Waals surface area contributed by atoms with E-state index in [-0.39, 0.29) is 17.5 Å². The van der Waals surface area contributed by atoms with E-state index in [4.69, 9.17) is 9.84 Å². The van der Waals surface area contributed by atoms with Crippen LogP contribution in [-0.4, -0.2) is 49.3 Å². The molecule has 1 saturated heterocycles. The number of aromatic carboxylic acids is 1. The summed E-state index contributed by atoms with van der Waals surface area (Å²) in [7, 11) is 0. The highest BCUT2D eigenvalue weighted by Gasteiger charge is 2.29. The molecule has 114 valence electrons. The largest absolute Gasteiger partial charge is 0.478 e. The number of hydrogen-bond donors (Lipinski definition) is 2. The minimum Gasteiger partial charge on any atom is -0.478 e. The van der Waals surface area contributed by atoms with Crippen molar-refractivity contribution in [3.05, 3.63) is 29.3 Å². The lowest BCUT2D eigenvalue weighted by molar-refractivity contribution is -0.124. The van der Waals surface area contributed by atoms with Gasteiger partial charge in [0.15, 0.2) is 0 Å². The Bertz CT molecular complexity index is 544. The Morgan fingerprint density at radius 1 is 1.48 bits per heavy atom. The number of nitrogens with one attached hydrogen (secondary N) is 1. The minimum atomic E-state index is -0.943. The summed E-state index contributed by atoms with van der Waals surface area (Å²) in [6, 6.07) is 4.75. The molecule has 6 nitrogen and oxygen atoms in total. The molecular weight excluding hydrogens is 272 g/mol. The normalized spacial score (nSPS) is 18.4. The Kier molecular flexibility index (Phi) is 4.80. The van der Waals surface area contributed by atoms with Crippen LogP contribution in [0.2, 0.25) is 0 Å². The van der Waals surface area contributed by atoms with Crippen molar-refractivity contribution in [2.75, 3.05) is 31.2 Å². The van der Waals surface area contributed by atoms with Gasteiger partial charge in [-0.3, -0.25) is 4.79 Å². The molecule has 0 spiro atoms. The summed E-state index contributed by atoms with van der Waals surface area (Å²) in [5.74, 6) is -1.02. The van der Waals surface area contributed by atoms with Crippen LogP contribution < -0.4 is 10.2 Å². The maximum Gasteiger partial charge on any atom is 0.335 e. The first kappa shape index (κ1) is 15.3. The van der Waals surface area contributed by atoms with Gasteiger partial charge in [-0.1, -0.05) is 0 Å². The van der Waals surface area contributed by atoms with Crippen LogP contribution in [0.1, 0.15) is 22.8 Å². The van der Waals surface area contributed by atoms with Gasteiger partial charge in [-0.25, -0.2) is 4.79 Å². The van der Waals surface area contributed by atoms with Crippen molar-refractivity contribution in [1.82, 2.24) is 5.32 Å². The molecule has 21 heavy (non-hydrogen) atoms. The van der Waals surface area contributed by atoms with Gasteiger partial charge in [-0.05, 0) is 37.6 Å². The number of morpholine rings is 1. The van der Waals surface area contributed by atoms with Gasteiger partial charge in [0.2, 0.25) is 5.91 Å². The van der Waals surface area contributed by atoms with Gasteiger partial charge < -0.3 is 20.1 Å². The zero-order valence-electron chi connectivity index (χ0n) is 12.3. The number of carbonyl (C=O) groups excluding carboxylic acids is 1. The van der Waals surface area contributed by atoms with Gasteiger partial charge in [0.25, 0.3) is 0 Å². The molecule has 1 aliphatic heterocycles. The summed E-state index contributed by atoms with van der Waals surface area (Å²) in [5, 5.41) is 11.9. The van der Waals surface area contributed by atoms with E-state index >= 15 is 0 Å². The molecule has 0 radical (unpaired) electrons. The summed E-state index contributed by atoms with van der Waals surface area (Å²) >= 11 is 0. The summed E-state index contributed by atoms with van der Waals surface area (Å²) in [6.07, 6.45) is 0. The van der Waals surface area contributed by atoms with E-state index in [0.717, 1.165) is 5.69 Å². The molecule has 1 aliphatic rings. The number of ether oxygens (including phenoxy) is 1. The van der Waals surface area contributed by atoms with Crippen molar-refractivity contribution in [1.29, 1.82) is 0 Å². The zero-order chi connectivity index (χ0) is 15.4. The summed E-state index contributed by atoms with van der Waals surface area (Å²) < 4.78 is 5.40. The first-order valence-corrected chi connectivity index (χ1v) is 7.00. The van der Waals surface area contributed by atoms with Crippen molar-refractivity contribution in [2.24, 2.45) is 0 Å². The molecule has 1 aromatic carbocycles. The molecule has 0 aliphatic carbocycles. The number of carbonyl (C=O) groups is 2. The standard InChI is InChI=1S/C15H20N2O4/c1-3-16-14(18)13-9-21-7-6-17(13)11-4-5-12(15(19)20)10(2)8-11/h4-5,8,13H,3,6-7,9H2,1-2H3,(H,16,18)(H,19,20). The van der Waals surface area contributed by atoms with Gasteiger partial charge in [-0.15, -0.1) is 0 Å². The third-order valence-corrected chi connectivity index (χ3v) is 3.55. The van der Waals surface area contributed by atoms with Crippen LogP contribution in [0.3, 0.4) is 0 Å². The quantitative estimate of drug-likeness (QED) is 0.866. The van der Waals surface area contributed by atoms with Gasteiger partial charge in [-0.2, -0.15) is 0 Å². The molecule has 0 bridgehead atoms. The van der Waals surface area contributed by atoms with Gasteiger partial charge in [0.1, 0.15) is 6.04 Å². The maximum atomic E-state index is 12.1. The lowest BCUT2D eigenvalue weighted by Crippen LogP contribution is -2.54. The van der Waals surface area contributed by atoms with Crippen molar-refractivity contribution >= 4 is 17.6 Å². The summed E-state index contributed by atoms with van der Waals surface area (Å²) in [6.45, 7) is 5.70. The average Bonchev–Trinajstić information content (AvgIpc) is 2.47. The minimum absolute atomic E-state index is 0.0721. The van der Waals surface area contributed by atoms with Crippen molar-refractivity contribution in [3.8, 4) is 0 Å². The van der Waals surface area contributed by atoms with Crippen LogP contribution in [0.5, 0.6) is 0 Å². The van der Waals surface area contributed by atoms with Gasteiger partial charge >= 0.3 is 5.97 Å². The highest BCUT2D eigenvalue weighted by atomic mass is 16.5. The topological polar surface area (TPSA) is 78.9 Å². The predicted octanol–water partition coefficient (Wildman–Crippen LogP) is 1.03. The van der Waals surface area contributed by atoms with Crippen LogP contribution in [-0.2, 0) is 9.53 Å². The number of likely N-dealkylation sites (N-methyl/N-ethyl adjacent to an activating group) is 1. The fraction of sp³-hybridized carbons (Fsp3) is 0.467. The molecule has 2 N–H and O–H groups in total. The highest BCUT2D eigenvalue weighted by Crippen LogP contribution is 2.23. The predicted molar refractivity (Wildman–Crippen MR) is 78.8 cm³/mol. The second-order valence-corrected chi connectivity index (χ2v) is 4.98. The van der Waals surface area contributed by atoms with Crippen LogP contribution in [0.25, 0.3) is 0 Å². The monoisotopic (exact) mass is 292 g/mol. The van der Waals surface area contributed by atoms with E-state index < -0.39 is 5.97 Å². The van der Waals surface area contributed by atoms with E-state index in [1.54, 1.807) is 25.1 Å². The SMILES string of the molecule is CCNC(=O)C1COCCN1c1ccc(C(=O)O)c(C)c1. The molecule has 1 heterocycles. The van der Waals surface area contributed by atoms with Crippen LogP contribution >= 0.6 is 0 Å². The first-order valence-electron chi connectivity index (χ1n) is 7.00. The van der Waals surface area contributed by atoms with E-state index in [0.29, 0.717) is 31.9 Å².